The van der Waals surface area contributed by atoms with Gasteiger partial charge in [0, 0.05) is 25.7 Å². The Hall–Kier alpha value is -3.28. The highest BCUT2D eigenvalue weighted by Crippen LogP contribution is 2.26. The van der Waals surface area contributed by atoms with Crippen LogP contribution in [-0.2, 0) is 16.1 Å². The first kappa shape index (κ1) is 19.5. The van der Waals surface area contributed by atoms with Gasteiger partial charge < -0.3 is 14.4 Å². The molecule has 1 saturated heterocycles. The molecule has 1 heterocycles. The summed E-state index contributed by atoms with van der Waals surface area (Å²) in [6.07, 6.45) is 3.07. The Labute approximate surface area is 165 Å². The number of urea groups is 1. The summed E-state index contributed by atoms with van der Waals surface area (Å²) in [4.78, 5) is 28.1. The molecule has 0 spiro atoms. The Morgan fingerprint density at radius 2 is 1.86 bits per heavy atom. The molecule has 0 bridgehead atoms. The Kier molecular flexibility index (Phi) is 6.32. The van der Waals surface area contributed by atoms with E-state index >= 15 is 0 Å². The molecule has 3 rings (SSSR count). The molecule has 0 unspecified atom stereocenters. The first-order valence-corrected chi connectivity index (χ1v) is 9.25. The van der Waals surface area contributed by atoms with Gasteiger partial charge in [0.25, 0.3) is 0 Å². The van der Waals surface area contributed by atoms with Crippen molar-refractivity contribution in [2.45, 2.75) is 13.5 Å². The van der Waals surface area contributed by atoms with E-state index in [1.54, 1.807) is 25.0 Å². The van der Waals surface area contributed by atoms with Gasteiger partial charge in [-0.2, -0.15) is 0 Å². The van der Waals surface area contributed by atoms with Gasteiger partial charge in [-0.05, 0) is 42.3 Å². The highest BCUT2D eigenvalue weighted by molar-refractivity contribution is 5.97. The number of carbonyl (C=O) groups is 2. The average Bonchev–Trinajstić information content (AvgIpc) is 3.07. The smallest absolute Gasteiger partial charge is 0.330 e. The van der Waals surface area contributed by atoms with Gasteiger partial charge in [-0.25, -0.2) is 9.59 Å². The van der Waals surface area contributed by atoms with Crippen LogP contribution in [0.25, 0.3) is 6.08 Å². The van der Waals surface area contributed by atoms with Crippen molar-refractivity contribution in [2.24, 2.45) is 0 Å². The molecule has 0 aliphatic carbocycles. The maximum Gasteiger partial charge on any atom is 0.330 e. The van der Waals surface area contributed by atoms with Crippen LogP contribution in [-0.4, -0.2) is 43.7 Å². The van der Waals surface area contributed by atoms with Crippen LogP contribution in [0.15, 0.2) is 54.6 Å². The molecule has 0 saturated carbocycles. The van der Waals surface area contributed by atoms with Gasteiger partial charge in [-0.15, -0.1) is 0 Å². The zero-order chi connectivity index (χ0) is 19.9. The number of nitrogens with zero attached hydrogens (tertiary/aromatic N) is 2. The summed E-state index contributed by atoms with van der Waals surface area (Å²) in [5.74, 6) is 0.395. The van der Waals surface area contributed by atoms with E-state index in [0.29, 0.717) is 26.2 Å². The number of hydrogen-bond donors (Lipinski definition) is 0. The topological polar surface area (TPSA) is 59.1 Å². The minimum Gasteiger partial charge on any atom is -0.497 e. The number of ether oxygens (including phenoxy) is 2. The van der Waals surface area contributed by atoms with Crippen LogP contribution in [0.4, 0.5) is 10.5 Å². The van der Waals surface area contributed by atoms with Crippen LogP contribution in [0, 0.1) is 0 Å². The number of methoxy groups -OCH3 is 1. The molecule has 2 amide bonds. The largest absolute Gasteiger partial charge is 0.497 e. The summed E-state index contributed by atoms with van der Waals surface area (Å²) < 4.78 is 10.1. The molecule has 6 heteroatoms. The maximum absolute atomic E-state index is 12.9. The minimum atomic E-state index is -0.397. The van der Waals surface area contributed by atoms with Gasteiger partial charge in [0.2, 0.25) is 0 Å². The Morgan fingerprint density at radius 3 is 2.57 bits per heavy atom. The van der Waals surface area contributed by atoms with Crippen molar-refractivity contribution in [2.75, 3.05) is 31.7 Å². The molecule has 2 aromatic carbocycles. The molecule has 2 aromatic rings. The number of carbonyl (C=O) groups excluding carboxylic acids is 2. The van der Waals surface area contributed by atoms with Crippen molar-refractivity contribution in [1.29, 1.82) is 0 Å². The Balaban J connectivity index is 1.73. The lowest BCUT2D eigenvalue weighted by molar-refractivity contribution is -0.137. The van der Waals surface area contributed by atoms with Crippen LogP contribution in [0.3, 0.4) is 0 Å². The van der Waals surface area contributed by atoms with Crippen LogP contribution >= 0.6 is 0 Å². The third-order valence-corrected chi connectivity index (χ3v) is 4.54. The third-order valence-electron chi connectivity index (χ3n) is 4.54. The van der Waals surface area contributed by atoms with Gasteiger partial charge in [0.15, 0.2) is 0 Å². The van der Waals surface area contributed by atoms with Crippen LogP contribution in [0.1, 0.15) is 18.1 Å². The van der Waals surface area contributed by atoms with Crippen molar-refractivity contribution in [3.8, 4) is 5.75 Å². The third kappa shape index (κ3) is 4.52. The number of anilines is 1. The van der Waals surface area contributed by atoms with E-state index in [-0.39, 0.29) is 6.03 Å². The quantitative estimate of drug-likeness (QED) is 0.543. The van der Waals surface area contributed by atoms with E-state index in [1.807, 2.05) is 53.4 Å². The van der Waals surface area contributed by atoms with Gasteiger partial charge in [0.1, 0.15) is 5.75 Å². The van der Waals surface area contributed by atoms with Gasteiger partial charge >= 0.3 is 12.0 Å². The first-order valence-electron chi connectivity index (χ1n) is 9.25. The number of amides is 2. The molecule has 1 aliphatic heterocycles. The number of hydrogen-bond acceptors (Lipinski definition) is 4. The van der Waals surface area contributed by atoms with Gasteiger partial charge in [-0.3, -0.25) is 4.90 Å². The fraction of sp³-hybridized carbons (Fsp3) is 0.273. The predicted octanol–water partition coefficient (Wildman–Crippen LogP) is 3.71. The monoisotopic (exact) mass is 380 g/mol. The molecule has 0 atom stereocenters. The lowest BCUT2D eigenvalue weighted by Crippen LogP contribution is -2.31. The van der Waals surface area contributed by atoms with Crippen LogP contribution < -0.4 is 9.64 Å². The molecule has 0 aromatic heterocycles. The van der Waals surface area contributed by atoms with Crippen LogP contribution in [0.5, 0.6) is 5.75 Å². The van der Waals surface area contributed by atoms with E-state index < -0.39 is 5.97 Å². The van der Waals surface area contributed by atoms with Crippen LogP contribution in [0.2, 0.25) is 0 Å². The summed E-state index contributed by atoms with van der Waals surface area (Å²) in [6, 6.07) is 15.2. The molecular weight excluding hydrogens is 356 g/mol. The highest BCUT2D eigenvalue weighted by Gasteiger charge is 2.30. The average molecular weight is 380 g/mol. The SMILES string of the molecule is CCOC(=O)/C=C/c1ccccc1N1CCN(Cc2ccc(OC)cc2)C1=O. The predicted molar refractivity (Wildman–Crippen MR) is 108 cm³/mol. The second kappa shape index (κ2) is 9.08. The molecule has 1 fully saturated rings. The second-order valence-corrected chi connectivity index (χ2v) is 6.35. The minimum absolute atomic E-state index is 0.0483. The molecule has 6 nitrogen and oxygen atoms in total. The summed E-state index contributed by atoms with van der Waals surface area (Å²) >= 11 is 0. The van der Waals surface area contributed by atoms with Crippen molar-refractivity contribution >= 4 is 23.8 Å². The number of benzene rings is 2. The zero-order valence-electron chi connectivity index (χ0n) is 16.1. The summed E-state index contributed by atoms with van der Waals surface area (Å²) in [5, 5.41) is 0. The van der Waals surface area contributed by atoms with Crippen molar-refractivity contribution in [3.05, 3.63) is 65.7 Å². The summed E-state index contributed by atoms with van der Waals surface area (Å²) in [6.45, 7) is 3.87. The Morgan fingerprint density at radius 1 is 1.11 bits per heavy atom. The number of esters is 1. The summed E-state index contributed by atoms with van der Waals surface area (Å²) in [5.41, 5.74) is 2.63. The van der Waals surface area contributed by atoms with E-state index in [9.17, 15) is 9.59 Å². The number of para-hydroxylation sites is 1. The fourth-order valence-electron chi connectivity index (χ4n) is 3.13. The molecule has 0 radical (unpaired) electrons. The number of rotatable bonds is 7. The summed E-state index contributed by atoms with van der Waals surface area (Å²) in [7, 11) is 1.63. The molecule has 146 valence electrons. The lowest BCUT2D eigenvalue weighted by Gasteiger charge is -2.20. The fourth-order valence-corrected chi connectivity index (χ4v) is 3.13. The Bertz CT molecular complexity index is 861. The van der Waals surface area contributed by atoms with Crippen molar-refractivity contribution < 1.29 is 19.1 Å². The van der Waals surface area contributed by atoms with Crippen molar-refractivity contribution in [3.63, 3.8) is 0 Å². The van der Waals surface area contributed by atoms with E-state index in [2.05, 4.69) is 0 Å². The second-order valence-electron chi connectivity index (χ2n) is 6.35. The standard InChI is InChI=1S/C22H24N2O4/c1-3-28-21(25)13-10-18-6-4-5-7-20(18)24-15-14-23(22(24)26)16-17-8-11-19(27-2)12-9-17/h4-13H,3,14-16H2,1-2H3/b13-10+. The molecule has 0 N–H and O–H groups in total. The van der Waals surface area contributed by atoms with Gasteiger partial charge in [0.05, 0.1) is 19.4 Å². The highest BCUT2D eigenvalue weighted by atomic mass is 16.5. The normalized spacial score (nSPS) is 14.0. The first-order chi connectivity index (χ1) is 13.6. The molecule has 1 aliphatic rings. The maximum atomic E-state index is 12.9. The lowest BCUT2D eigenvalue weighted by atomic mass is 10.1. The zero-order valence-corrected chi connectivity index (χ0v) is 16.1. The van der Waals surface area contributed by atoms with Crippen molar-refractivity contribution in [1.82, 2.24) is 4.90 Å². The van der Waals surface area contributed by atoms with E-state index in [4.69, 9.17) is 9.47 Å². The molecule has 28 heavy (non-hydrogen) atoms. The van der Waals surface area contributed by atoms with E-state index in [1.165, 1.54) is 6.08 Å². The van der Waals surface area contributed by atoms with Gasteiger partial charge in [-0.1, -0.05) is 30.3 Å². The molecular formula is C22H24N2O4. The van der Waals surface area contributed by atoms with E-state index in [0.717, 1.165) is 22.6 Å².